The van der Waals surface area contributed by atoms with Gasteiger partial charge >= 0.3 is 6.18 Å². The van der Waals surface area contributed by atoms with E-state index >= 15 is 0 Å². The fraction of sp³-hybridized carbons (Fsp3) is 0.432. The molecule has 0 spiro atoms. The van der Waals surface area contributed by atoms with E-state index in [1.807, 2.05) is 6.07 Å². The number of alkyl halides is 3. The molecule has 3 unspecified atom stereocenters. The first-order valence-electron chi connectivity index (χ1n) is 17.7. The van der Waals surface area contributed by atoms with Crippen LogP contribution in [0.2, 0.25) is 0 Å². The van der Waals surface area contributed by atoms with E-state index in [1.54, 1.807) is 38.4 Å². The lowest BCUT2D eigenvalue weighted by atomic mass is 10.0. The molecule has 8 rings (SSSR count). The van der Waals surface area contributed by atoms with Crippen LogP contribution in [-0.4, -0.2) is 99.5 Å². The summed E-state index contributed by atoms with van der Waals surface area (Å²) >= 11 is 0. The van der Waals surface area contributed by atoms with Crippen LogP contribution in [0.4, 0.5) is 35.9 Å². The van der Waals surface area contributed by atoms with E-state index in [0.29, 0.717) is 0 Å². The third-order valence-electron chi connectivity index (χ3n) is 11.4. The number of rotatable bonds is 7. The summed E-state index contributed by atoms with van der Waals surface area (Å²) in [4.78, 5) is 74.7. The Morgan fingerprint density at radius 3 is 2.28 bits per heavy atom. The van der Waals surface area contributed by atoms with Gasteiger partial charge in [-0.1, -0.05) is 6.07 Å². The van der Waals surface area contributed by atoms with Crippen molar-refractivity contribution in [1.82, 2.24) is 24.9 Å². The average Bonchev–Trinajstić information content (AvgIpc) is 3.76. The first kappa shape index (κ1) is 35.3. The van der Waals surface area contributed by atoms with Crippen LogP contribution in [0, 0.1) is 6.57 Å². The third kappa shape index (κ3) is 5.85. The Labute approximate surface area is 307 Å². The van der Waals surface area contributed by atoms with Gasteiger partial charge in [-0.2, -0.15) is 18.3 Å². The van der Waals surface area contributed by atoms with Crippen LogP contribution in [0.15, 0.2) is 48.8 Å². The van der Waals surface area contributed by atoms with Gasteiger partial charge in [-0.05, 0) is 63.4 Å². The largest absolute Gasteiger partial charge is 0.407 e. The topological polar surface area (TPSA) is 145 Å². The molecule has 0 saturated carbocycles. The molecule has 5 aliphatic heterocycles. The summed E-state index contributed by atoms with van der Waals surface area (Å²) in [5.74, 6) is -2.69. The molecule has 0 radical (unpaired) electrons. The van der Waals surface area contributed by atoms with E-state index in [9.17, 15) is 37.1 Å². The lowest BCUT2D eigenvalue weighted by Gasteiger charge is -2.51. The molecule has 3 atom stereocenters. The summed E-state index contributed by atoms with van der Waals surface area (Å²) in [5.41, 5.74) is -0.791. The number of piperidine rings is 1. The minimum atomic E-state index is -4.74. The predicted molar refractivity (Wildman–Crippen MR) is 188 cm³/mol. The molecule has 280 valence electrons. The second-order valence-corrected chi connectivity index (χ2v) is 15.0. The smallest absolute Gasteiger partial charge is 0.368 e. The van der Waals surface area contributed by atoms with Crippen LogP contribution in [-0.2, 0) is 26.1 Å². The van der Waals surface area contributed by atoms with E-state index < -0.39 is 58.5 Å². The van der Waals surface area contributed by atoms with Crippen molar-refractivity contribution < 1.29 is 37.1 Å². The number of aromatic nitrogens is 2. The number of hydrogen-bond acceptors (Lipinski definition) is 9. The summed E-state index contributed by atoms with van der Waals surface area (Å²) in [6.45, 7) is 13.4. The third-order valence-corrected chi connectivity index (χ3v) is 11.4. The highest BCUT2D eigenvalue weighted by molar-refractivity contribution is 6.23. The van der Waals surface area contributed by atoms with E-state index in [4.69, 9.17) is 6.57 Å². The van der Waals surface area contributed by atoms with Crippen molar-refractivity contribution in [2.45, 2.75) is 75.4 Å². The number of carbonyl (C=O) groups excluding carboxylic acids is 5. The van der Waals surface area contributed by atoms with Gasteiger partial charge in [0.15, 0.2) is 5.69 Å². The molecule has 14 nitrogen and oxygen atoms in total. The van der Waals surface area contributed by atoms with Crippen molar-refractivity contribution in [2.24, 2.45) is 0 Å². The van der Waals surface area contributed by atoms with E-state index in [1.165, 1.54) is 10.7 Å². The van der Waals surface area contributed by atoms with E-state index in [-0.39, 0.29) is 47.8 Å². The number of benzene rings is 2. The van der Waals surface area contributed by atoms with Crippen LogP contribution in [0.1, 0.15) is 65.8 Å². The minimum absolute atomic E-state index is 0.0588. The van der Waals surface area contributed by atoms with Gasteiger partial charge in [0.2, 0.25) is 11.8 Å². The lowest BCUT2D eigenvalue weighted by Crippen LogP contribution is -2.65. The summed E-state index contributed by atoms with van der Waals surface area (Å²) in [5, 5.41) is 9.27. The molecule has 4 fully saturated rings. The van der Waals surface area contributed by atoms with Crippen LogP contribution in [0.5, 0.6) is 0 Å². The summed E-state index contributed by atoms with van der Waals surface area (Å²) in [7, 11) is 0. The maximum atomic E-state index is 13.5. The zero-order chi connectivity index (χ0) is 38.3. The molecule has 17 heteroatoms. The zero-order valence-electron chi connectivity index (χ0n) is 29.4. The molecule has 1 aromatic heterocycles. The molecular weight excluding hydrogens is 707 g/mol. The Morgan fingerprint density at radius 2 is 1.61 bits per heavy atom. The molecule has 5 amide bonds. The average molecular weight is 744 g/mol. The number of imide groups is 2. The number of nitrogens with zero attached hydrogens (tertiary/aromatic N) is 7. The number of carbonyl (C=O) groups is 5. The molecule has 3 aromatic rings. The molecular formula is C37H36F3N9O5. The van der Waals surface area contributed by atoms with Crippen LogP contribution >= 0.6 is 0 Å². The SMILES string of the molecule is [C-]#[N+]c1ccc(NC(=O)C(C)(C)n2cc(N3C4CCC3CN(C3CN(c5ccc6c(c5)C(=O)N(C5CCC(=O)NC5=O)C6=O)C3)C4)cn2)cc1C(F)(F)F. The molecule has 2 N–H and O–H groups in total. The molecule has 6 heterocycles. The number of anilines is 3. The highest BCUT2D eigenvalue weighted by Crippen LogP contribution is 2.40. The second-order valence-electron chi connectivity index (χ2n) is 15.0. The monoisotopic (exact) mass is 743 g/mol. The Bertz CT molecular complexity index is 2140. The number of hydrogen-bond donors (Lipinski definition) is 2. The highest BCUT2D eigenvalue weighted by atomic mass is 19.4. The van der Waals surface area contributed by atoms with Crippen molar-refractivity contribution >= 4 is 52.3 Å². The molecule has 2 bridgehead atoms. The van der Waals surface area contributed by atoms with Gasteiger partial charge in [-0.15, -0.1) is 0 Å². The molecule has 54 heavy (non-hydrogen) atoms. The van der Waals surface area contributed by atoms with Gasteiger partial charge in [-0.25, -0.2) is 4.85 Å². The first-order valence-corrected chi connectivity index (χ1v) is 17.7. The standard InChI is InChI=1S/C37H36F3N9O5/c1-36(2,35(54)43-20-4-9-29(41-3)28(12-20)37(38,39)40)47-19-24(14-42-47)48-22-5-6-23(48)16-46(15-22)25-17-45(18-25)21-7-8-26-27(13-21)34(53)49(33(26)52)30-10-11-31(50)44-32(30)51/h4,7-9,12-14,19,22-23,25,30H,5-6,10-11,15-18H2,1-2H3,(H,43,54)(H,44,50,51). The van der Waals surface area contributed by atoms with Crippen LogP contribution < -0.4 is 20.4 Å². The van der Waals surface area contributed by atoms with Gasteiger partial charge < -0.3 is 15.1 Å². The summed E-state index contributed by atoms with van der Waals surface area (Å²) < 4.78 is 42.0. The Morgan fingerprint density at radius 1 is 0.907 bits per heavy atom. The zero-order valence-corrected chi connectivity index (χ0v) is 29.4. The van der Waals surface area contributed by atoms with Crippen LogP contribution in [0.25, 0.3) is 4.85 Å². The maximum absolute atomic E-state index is 13.5. The fourth-order valence-corrected chi connectivity index (χ4v) is 8.29. The Kier molecular flexibility index (Phi) is 8.29. The van der Waals surface area contributed by atoms with Crippen molar-refractivity contribution in [3.05, 3.63) is 76.9 Å². The lowest BCUT2D eigenvalue weighted by molar-refractivity contribution is -0.137. The second kappa shape index (κ2) is 12.7. The van der Waals surface area contributed by atoms with Crippen molar-refractivity contribution in [3.8, 4) is 0 Å². The van der Waals surface area contributed by atoms with Crippen molar-refractivity contribution in [1.29, 1.82) is 0 Å². The number of nitrogens with one attached hydrogen (secondary N) is 2. The highest BCUT2D eigenvalue weighted by Gasteiger charge is 2.47. The van der Waals surface area contributed by atoms with Gasteiger partial charge in [0.05, 0.1) is 35.1 Å². The van der Waals surface area contributed by atoms with Gasteiger partial charge in [0.25, 0.3) is 17.7 Å². The minimum Gasteiger partial charge on any atom is -0.368 e. The maximum Gasteiger partial charge on any atom is 0.407 e. The Balaban J connectivity index is 0.890. The first-order chi connectivity index (χ1) is 25.6. The number of fused-ring (bicyclic) bond motifs is 3. The van der Waals surface area contributed by atoms with Crippen molar-refractivity contribution in [3.63, 3.8) is 0 Å². The molecule has 5 aliphatic rings. The van der Waals surface area contributed by atoms with Gasteiger partial charge in [0.1, 0.15) is 11.6 Å². The fourth-order valence-electron chi connectivity index (χ4n) is 8.29. The molecule has 2 aromatic carbocycles. The van der Waals surface area contributed by atoms with Crippen LogP contribution in [0.3, 0.4) is 0 Å². The van der Waals surface area contributed by atoms with E-state index in [0.717, 1.165) is 67.4 Å². The summed E-state index contributed by atoms with van der Waals surface area (Å²) in [6.07, 6.45) is 0.904. The Hall–Kier alpha value is -5.76. The van der Waals surface area contributed by atoms with E-state index in [2.05, 4.69) is 35.3 Å². The number of halogens is 3. The molecule has 4 saturated heterocycles. The summed E-state index contributed by atoms with van der Waals surface area (Å²) in [6, 6.07) is 7.95. The number of amides is 5. The normalized spacial score (nSPS) is 23.3. The quantitative estimate of drug-likeness (QED) is 0.273. The van der Waals surface area contributed by atoms with Crippen molar-refractivity contribution in [2.75, 3.05) is 41.3 Å². The number of likely N-dealkylation sites (tertiary alicyclic amines) is 1. The molecule has 0 aliphatic carbocycles. The predicted octanol–water partition coefficient (Wildman–Crippen LogP) is 3.77. The van der Waals surface area contributed by atoms with Gasteiger partial charge in [0, 0.05) is 68.3 Å². The number of piperazine rings is 1. The van der Waals surface area contributed by atoms with Gasteiger partial charge in [-0.3, -0.25) is 43.8 Å².